The third-order valence-electron chi connectivity index (χ3n) is 2.85. The third-order valence-corrected chi connectivity index (χ3v) is 2.85. The molecule has 0 spiro atoms. The molecular weight excluding hydrogens is 242 g/mol. The normalized spacial score (nSPS) is 10.3. The maximum absolute atomic E-state index is 12.0. The number of rotatable bonds is 4. The molecule has 0 fully saturated rings. The predicted molar refractivity (Wildman–Crippen MR) is 72.1 cm³/mol. The van der Waals surface area contributed by atoms with Crippen LogP contribution < -0.4 is 10.1 Å². The first-order chi connectivity index (χ1) is 9.10. The molecule has 0 atom stereocenters. The molecule has 0 saturated heterocycles. The van der Waals surface area contributed by atoms with Gasteiger partial charge in [0.2, 0.25) is 0 Å². The molecule has 19 heavy (non-hydrogen) atoms. The van der Waals surface area contributed by atoms with Crippen molar-refractivity contribution < 1.29 is 9.53 Å². The van der Waals surface area contributed by atoms with E-state index in [4.69, 9.17) is 4.74 Å². The molecule has 0 radical (unpaired) electrons. The molecule has 1 amide bonds. The van der Waals surface area contributed by atoms with Gasteiger partial charge in [-0.25, -0.2) is 0 Å². The van der Waals surface area contributed by atoms with Gasteiger partial charge in [0.05, 0.1) is 12.8 Å². The van der Waals surface area contributed by atoms with E-state index in [-0.39, 0.29) is 5.91 Å². The number of aromatic nitrogens is 2. The highest BCUT2D eigenvalue weighted by molar-refractivity contribution is 5.92. The summed E-state index contributed by atoms with van der Waals surface area (Å²) in [6.07, 6.45) is 0. The van der Waals surface area contributed by atoms with Gasteiger partial charge in [-0.05, 0) is 30.7 Å². The highest BCUT2D eigenvalue weighted by Crippen LogP contribution is 2.11. The van der Waals surface area contributed by atoms with Crippen molar-refractivity contribution in [2.75, 3.05) is 7.11 Å². The molecule has 0 unspecified atom stereocenters. The topological polar surface area (TPSA) is 56.1 Å². The molecule has 0 aliphatic carbocycles. The van der Waals surface area contributed by atoms with Crippen molar-refractivity contribution in [3.63, 3.8) is 0 Å². The molecule has 100 valence electrons. The van der Waals surface area contributed by atoms with Gasteiger partial charge in [0.25, 0.3) is 5.91 Å². The van der Waals surface area contributed by atoms with Gasteiger partial charge in [0, 0.05) is 13.6 Å². The molecule has 1 heterocycles. The number of methoxy groups -OCH3 is 1. The van der Waals surface area contributed by atoms with E-state index >= 15 is 0 Å². The van der Waals surface area contributed by atoms with Crippen molar-refractivity contribution in [2.24, 2.45) is 7.05 Å². The second-order valence-electron chi connectivity index (χ2n) is 4.33. The molecule has 1 N–H and O–H groups in total. The number of hydrogen-bond acceptors (Lipinski definition) is 3. The van der Waals surface area contributed by atoms with E-state index in [0.29, 0.717) is 12.2 Å². The zero-order chi connectivity index (χ0) is 13.8. The van der Waals surface area contributed by atoms with Crippen molar-refractivity contribution in [2.45, 2.75) is 13.5 Å². The van der Waals surface area contributed by atoms with Crippen LogP contribution >= 0.6 is 0 Å². The van der Waals surface area contributed by atoms with E-state index in [1.807, 2.05) is 31.2 Å². The van der Waals surface area contributed by atoms with Crippen LogP contribution in [0.25, 0.3) is 0 Å². The number of amides is 1. The van der Waals surface area contributed by atoms with Crippen LogP contribution in [0.3, 0.4) is 0 Å². The van der Waals surface area contributed by atoms with Crippen LogP contribution in [0.5, 0.6) is 5.75 Å². The quantitative estimate of drug-likeness (QED) is 0.908. The minimum Gasteiger partial charge on any atom is -0.497 e. The molecule has 2 rings (SSSR count). The molecule has 1 aromatic heterocycles. The summed E-state index contributed by atoms with van der Waals surface area (Å²) < 4.78 is 6.67. The first-order valence-electron chi connectivity index (χ1n) is 6.02. The zero-order valence-corrected chi connectivity index (χ0v) is 11.3. The van der Waals surface area contributed by atoms with E-state index < -0.39 is 0 Å². The van der Waals surface area contributed by atoms with Crippen LogP contribution in [0.2, 0.25) is 0 Å². The van der Waals surface area contributed by atoms with E-state index in [0.717, 1.165) is 17.0 Å². The first-order valence-corrected chi connectivity index (χ1v) is 6.02. The summed E-state index contributed by atoms with van der Waals surface area (Å²) >= 11 is 0. The molecule has 5 nitrogen and oxygen atoms in total. The van der Waals surface area contributed by atoms with Crippen LogP contribution in [0.1, 0.15) is 21.7 Å². The van der Waals surface area contributed by atoms with Crippen molar-refractivity contribution in [3.05, 3.63) is 47.3 Å². The van der Waals surface area contributed by atoms with Crippen LogP contribution in [0.4, 0.5) is 0 Å². The van der Waals surface area contributed by atoms with Crippen LogP contribution in [0, 0.1) is 6.92 Å². The second kappa shape index (κ2) is 5.56. The Morgan fingerprint density at radius 1 is 1.37 bits per heavy atom. The number of hydrogen-bond donors (Lipinski definition) is 1. The maximum atomic E-state index is 12.0. The highest BCUT2D eigenvalue weighted by Gasteiger charge is 2.11. The van der Waals surface area contributed by atoms with Gasteiger partial charge in [-0.1, -0.05) is 12.1 Å². The largest absolute Gasteiger partial charge is 0.497 e. The minimum absolute atomic E-state index is 0.126. The van der Waals surface area contributed by atoms with Gasteiger partial charge in [0.1, 0.15) is 11.4 Å². The number of nitrogens with zero attached hydrogens (tertiary/aromatic N) is 2. The van der Waals surface area contributed by atoms with Crippen molar-refractivity contribution in [1.29, 1.82) is 0 Å². The van der Waals surface area contributed by atoms with Crippen molar-refractivity contribution in [1.82, 2.24) is 15.1 Å². The Bertz CT molecular complexity index is 573. The van der Waals surface area contributed by atoms with E-state index in [2.05, 4.69) is 10.4 Å². The third kappa shape index (κ3) is 3.13. The summed E-state index contributed by atoms with van der Waals surface area (Å²) in [5.41, 5.74) is 2.41. The molecule has 0 saturated carbocycles. The van der Waals surface area contributed by atoms with Gasteiger partial charge < -0.3 is 10.1 Å². The van der Waals surface area contributed by atoms with Crippen molar-refractivity contribution >= 4 is 5.91 Å². The zero-order valence-electron chi connectivity index (χ0n) is 11.3. The summed E-state index contributed by atoms with van der Waals surface area (Å²) in [7, 11) is 3.39. The Balaban J connectivity index is 1.98. The van der Waals surface area contributed by atoms with Gasteiger partial charge in [-0.3, -0.25) is 9.48 Å². The first kappa shape index (κ1) is 13.1. The standard InChI is InChI=1S/C14H17N3O2/c1-10-8-13(17(2)16-10)14(18)15-9-11-4-6-12(19-3)7-5-11/h4-8H,9H2,1-3H3,(H,15,18). The fourth-order valence-electron chi connectivity index (χ4n) is 1.84. The lowest BCUT2D eigenvalue weighted by Crippen LogP contribution is -2.25. The average Bonchev–Trinajstić information content (AvgIpc) is 2.75. The smallest absolute Gasteiger partial charge is 0.269 e. The summed E-state index contributed by atoms with van der Waals surface area (Å²) in [5, 5.41) is 7.02. The highest BCUT2D eigenvalue weighted by atomic mass is 16.5. The molecular formula is C14H17N3O2. The van der Waals surface area contributed by atoms with Gasteiger partial charge in [-0.2, -0.15) is 5.10 Å². The van der Waals surface area contributed by atoms with Crippen LogP contribution in [0.15, 0.2) is 30.3 Å². The van der Waals surface area contributed by atoms with Gasteiger partial charge in [0.15, 0.2) is 0 Å². The minimum atomic E-state index is -0.126. The Morgan fingerprint density at radius 2 is 2.05 bits per heavy atom. The van der Waals surface area contributed by atoms with Gasteiger partial charge in [-0.15, -0.1) is 0 Å². The molecule has 0 aliphatic rings. The molecule has 0 aliphatic heterocycles. The lowest BCUT2D eigenvalue weighted by Gasteiger charge is -2.06. The summed E-state index contributed by atoms with van der Waals surface area (Å²) in [6, 6.07) is 9.36. The van der Waals surface area contributed by atoms with E-state index in [1.165, 1.54) is 0 Å². The molecule has 0 bridgehead atoms. The summed E-state index contributed by atoms with van der Waals surface area (Å²) in [6.45, 7) is 2.34. The fraction of sp³-hybridized carbons (Fsp3) is 0.286. The SMILES string of the molecule is COc1ccc(CNC(=O)c2cc(C)nn2C)cc1. The second-order valence-corrected chi connectivity index (χ2v) is 4.33. The number of aryl methyl sites for hydroxylation is 2. The van der Waals surface area contributed by atoms with Crippen molar-refractivity contribution in [3.8, 4) is 5.75 Å². The number of ether oxygens (including phenoxy) is 1. The summed E-state index contributed by atoms with van der Waals surface area (Å²) in [4.78, 5) is 12.0. The van der Waals surface area contributed by atoms with E-state index in [1.54, 1.807) is 24.9 Å². The van der Waals surface area contributed by atoms with E-state index in [9.17, 15) is 4.79 Å². The Labute approximate surface area is 112 Å². The number of carbonyl (C=O) groups excluding carboxylic acids is 1. The lowest BCUT2D eigenvalue weighted by atomic mass is 10.2. The monoisotopic (exact) mass is 259 g/mol. The number of nitrogens with one attached hydrogen (secondary N) is 1. The fourth-order valence-corrected chi connectivity index (χ4v) is 1.84. The predicted octanol–water partition coefficient (Wildman–Crippen LogP) is 1.67. The number of benzene rings is 1. The Hall–Kier alpha value is -2.30. The average molecular weight is 259 g/mol. The Kier molecular flexibility index (Phi) is 3.85. The Morgan fingerprint density at radius 3 is 2.58 bits per heavy atom. The maximum Gasteiger partial charge on any atom is 0.269 e. The molecule has 5 heteroatoms. The summed E-state index contributed by atoms with van der Waals surface area (Å²) in [5.74, 6) is 0.677. The molecule has 2 aromatic rings. The van der Waals surface area contributed by atoms with Gasteiger partial charge >= 0.3 is 0 Å². The number of carbonyl (C=O) groups is 1. The lowest BCUT2D eigenvalue weighted by molar-refractivity contribution is 0.0941. The molecule has 1 aromatic carbocycles. The van der Waals surface area contributed by atoms with Crippen LogP contribution in [-0.2, 0) is 13.6 Å². The van der Waals surface area contributed by atoms with Crippen LogP contribution in [-0.4, -0.2) is 22.8 Å².